The number of hydrogen-bond donors (Lipinski definition) is 2. The van der Waals surface area contributed by atoms with Crippen LogP contribution < -0.4 is 10.9 Å². The molecule has 0 fully saturated rings. The molecule has 2 aromatic rings. The number of benzene rings is 1. The molecule has 1 aromatic heterocycles. The van der Waals surface area contributed by atoms with Gasteiger partial charge in [0, 0.05) is 19.2 Å². The Morgan fingerprint density at radius 3 is 2.41 bits per heavy atom. The minimum absolute atomic E-state index is 0.117. The molecule has 0 atom stereocenters. The normalized spacial score (nSPS) is 10.8. The Bertz CT molecular complexity index is 800. The maximum absolute atomic E-state index is 12.5. The van der Waals surface area contributed by atoms with E-state index in [1.54, 1.807) is 42.9 Å². The van der Waals surface area contributed by atoms with Gasteiger partial charge in [-0.05, 0) is 19.1 Å². The Morgan fingerprint density at radius 2 is 1.82 bits per heavy atom. The molecule has 7 nitrogen and oxygen atoms in total. The Balaban J connectivity index is 2.41. The van der Waals surface area contributed by atoms with E-state index >= 15 is 0 Å². The molecule has 0 aliphatic carbocycles. The lowest BCUT2D eigenvalue weighted by Gasteiger charge is -2.07. The smallest absolute Gasteiger partial charge is 0.328 e. The van der Waals surface area contributed by atoms with Crippen LogP contribution in [0.15, 0.2) is 47.3 Å². The fourth-order valence-electron chi connectivity index (χ4n) is 2.02. The van der Waals surface area contributed by atoms with Gasteiger partial charge in [-0.2, -0.15) is 0 Å². The van der Waals surface area contributed by atoms with Crippen LogP contribution in [0, 0.1) is 6.92 Å². The van der Waals surface area contributed by atoms with E-state index in [1.807, 2.05) is 6.07 Å². The number of carbonyl (C=O) groups excluding carboxylic acids is 1. The Labute approximate surface area is 126 Å². The second-order valence-corrected chi connectivity index (χ2v) is 4.60. The zero-order valence-corrected chi connectivity index (χ0v) is 12.1. The molecule has 22 heavy (non-hydrogen) atoms. The third-order valence-electron chi connectivity index (χ3n) is 3.18. The van der Waals surface area contributed by atoms with Crippen molar-refractivity contribution in [1.29, 1.82) is 0 Å². The lowest BCUT2D eigenvalue weighted by molar-refractivity contribution is -0.131. The average molecular weight is 301 g/mol. The molecule has 1 heterocycles. The molecule has 0 saturated carbocycles. The highest BCUT2D eigenvalue weighted by Crippen LogP contribution is 2.13. The molecule has 0 aliphatic rings. The second-order valence-electron chi connectivity index (χ2n) is 4.60. The number of amides is 1. The van der Waals surface area contributed by atoms with E-state index in [1.165, 1.54) is 4.68 Å². The van der Waals surface area contributed by atoms with Crippen molar-refractivity contribution in [3.63, 3.8) is 0 Å². The molecule has 0 radical (unpaired) electrons. The Hall–Kier alpha value is -3.09. The molecule has 114 valence electrons. The fourth-order valence-corrected chi connectivity index (χ4v) is 2.02. The van der Waals surface area contributed by atoms with Gasteiger partial charge in [-0.1, -0.05) is 18.2 Å². The number of carboxylic acid groups (broad SMARTS) is 1. The van der Waals surface area contributed by atoms with Crippen molar-refractivity contribution in [3.8, 4) is 5.69 Å². The predicted molar refractivity (Wildman–Crippen MR) is 81.2 cm³/mol. The summed E-state index contributed by atoms with van der Waals surface area (Å²) in [4.78, 5) is 34.5. The topological polar surface area (TPSA) is 93.3 Å². The van der Waals surface area contributed by atoms with Gasteiger partial charge in [-0.3, -0.25) is 14.3 Å². The number of nitrogens with zero attached hydrogens (tertiary/aromatic N) is 2. The first-order chi connectivity index (χ1) is 10.4. The van der Waals surface area contributed by atoms with Crippen LogP contribution in [-0.4, -0.2) is 26.3 Å². The molecule has 0 saturated heterocycles. The molecule has 7 heteroatoms. The molecule has 1 amide bonds. The van der Waals surface area contributed by atoms with Crippen LogP contribution in [-0.2, 0) is 16.6 Å². The highest BCUT2D eigenvalue weighted by Gasteiger charge is 2.17. The zero-order valence-electron chi connectivity index (χ0n) is 12.1. The Kier molecular flexibility index (Phi) is 4.26. The molecule has 0 spiro atoms. The summed E-state index contributed by atoms with van der Waals surface area (Å²) in [6, 6.07) is 8.99. The van der Waals surface area contributed by atoms with Crippen LogP contribution in [0.2, 0.25) is 0 Å². The standard InChI is InChI=1S/C15H15N3O4/c1-10-14(16-12(19)8-9-13(20)21)15(22)18(17(10)2)11-6-4-3-5-7-11/h3-9H,1-2H3,(H,16,19)(H,20,21)/b9-8-. The van der Waals surface area contributed by atoms with Gasteiger partial charge in [0.05, 0.1) is 11.4 Å². The lowest BCUT2D eigenvalue weighted by Crippen LogP contribution is -2.22. The number of anilines is 1. The van der Waals surface area contributed by atoms with Gasteiger partial charge in [0.1, 0.15) is 5.69 Å². The maximum atomic E-state index is 12.5. The first-order valence-corrected chi connectivity index (χ1v) is 6.48. The van der Waals surface area contributed by atoms with Crippen LogP contribution in [0.5, 0.6) is 0 Å². The lowest BCUT2D eigenvalue weighted by atomic mass is 10.3. The molecule has 0 unspecified atom stereocenters. The van der Waals surface area contributed by atoms with Gasteiger partial charge >= 0.3 is 5.97 Å². The summed E-state index contributed by atoms with van der Waals surface area (Å²) in [6.45, 7) is 1.69. The number of rotatable bonds is 4. The van der Waals surface area contributed by atoms with Crippen LogP contribution in [0.4, 0.5) is 5.69 Å². The number of aliphatic carboxylic acids is 1. The van der Waals surface area contributed by atoms with E-state index in [0.717, 1.165) is 6.08 Å². The number of hydrogen-bond acceptors (Lipinski definition) is 3. The molecule has 0 bridgehead atoms. The van der Waals surface area contributed by atoms with E-state index < -0.39 is 11.9 Å². The zero-order chi connectivity index (χ0) is 16.3. The quantitative estimate of drug-likeness (QED) is 0.826. The monoisotopic (exact) mass is 301 g/mol. The second kappa shape index (κ2) is 6.13. The van der Waals surface area contributed by atoms with Gasteiger partial charge in [0.2, 0.25) is 5.91 Å². The average Bonchev–Trinajstić information content (AvgIpc) is 2.70. The molecular formula is C15H15N3O4. The van der Waals surface area contributed by atoms with Gasteiger partial charge in [-0.15, -0.1) is 0 Å². The van der Waals surface area contributed by atoms with Crippen molar-refractivity contribution >= 4 is 17.6 Å². The highest BCUT2D eigenvalue weighted by molar-refractivity contribution is 6.02. The van der Waals surface area contributed by atoms with Gasteiger partial charge in [0.25, 0.3) is 5.56 Å². The van der Waals surface area contributed by atoms with E-state index in [9.17, 15) is 14.4 Å². The third-order valence-corrected chi connectivity index (χ3v) is 3.18. The minimum Gasteiger partial charge on any atom is -0.478 e. The molecule has 2 N–H and O–H groups in total. The predicted octanol–water partition coefficient (Wildman–Crippen LogP) is 1.06. The van der Waals surface area contributed by atoms with Crippen molar-refractivity contribution < 1.29 is 14.7 Å². The number of aromatic nitrogens is 2. The summed E-state index contributed by atoms with van der Waals surface area (Å²) in [5.74, 6) is -1.91. The number of para-hydroxylation sites is 1. The van der Waals surface area contributed by atoms with Crippen molar-refractivity contribution in [2.24, 2.45) is 7.05 Å². The summed E-state index contributed by atoms with van der Waals surface area (Å²) < 4.78 is 3.04. The largest absolute Gasteiger partial charge is 0.478 e. The summed E-state index contributed by atoms with van der Waals surface area (Å²) in [5, 5.41) is 10.9. The van der Waals surface area contributed by atoms with Crippen molar-refractivity contribution in [1.82, 2.24) is 9.36 Å². The van der Waals surface area contributed by atoms with Crippen molar-refractivity contribution in [2.75, 3.05) is 5.32 Å². The minimum atomic E-state index is -1.23. The van der Waals surface area contributed by atoms with E-state index in [2.05, 4.69) is 5.32 Å². The first kappa shape index (κ1) is 15.3. The molecular weight excluding hydrogens is 286 g/mol. The van der Waals surface area contributed by atoms with Crippen LogP contribution in [0.25, 0.3) is 5.69 Å². The van der Waals surface area contributed by atoms with E-state index in [4.69, 9.17) is 5.11 Å². The van der Waals surface area contributed by atoms with Crippen LogP contribution in [0.3, 0.4) is 0 Å². The summed E-state index contributed by atoms with van der Waals surface area (Å²) in [6.07, 6.45) is 1.57. The van der Waals surface area contributed by atoms with Crippen LogP contribution >= 0.6 is 0 Å². The summed E-state index contributed by atoms with van der Waals surface area (Å²) in [5.41, 5.74) is 0.959. The van der Waals surface area contributed by atoms with Gasteiger partial charge in [-0.25, -0.2) is 9.48 Å². The Morgan fingerprint density at radius 1 is 1.18 bits per heavy atom. The van der Waals surface area contributed by atoms with Gasteiger partial charge < -0.3 is 10.4 Å². The van der Waals surface area contributed by atoms with Crippen LogP contribution in [0.1, 0.15) is 5.69 Å². The van der Waals surface area contributed by atoms with Gasteiger partial charge in [0.15, 0.2) is 0 Å². The van der Waals surface area contributed by atoms with E-state index in [0.29, 0.717) is 17.5 Å². The molecule has 2 rings (SSSR count). The summed E-state index contributed by atoms with van der Waals surface area (Å²) in [7, 11) is 1.70. The molecule has 1 aromatic carbocycles. The van der Waals surface area contributed by atoms with E-state index in [-0.39, 0.29) is 11.2 Å². The first-order valence-electron chi connectivity index (χ1n) is 6.48. The highest BCUT2D eigenvalue weighted by atomic mass is 16.4. The van der Waals surface area contributed by atoms with Crippen molar-refractivity contribution in [2.45, 2.75) is 6.92 Å². The summed E-state index contributed by atoms with van der Waals surface area (Å²) >= 11 is 0. The number of nitrogens with one attached hydrogen (secondary N) is 1. The van der Waals surface area contributed by atoms with Crippen molar-refractivity contribution in [3.05, 3.63) is 58.5 Å². The maximum Gasteiger partial charge on any atom is 0.328 e. The molecule has 0 aliphatic heterocycles. The SMILES string of the molecule is Cc1c(NC(=O)/C=C\C(=O)O)c(=O)n(-c2ccccc2)n1C. The number of carbonyl (C=O) groups is 2. The fraction of sp³-hybridized carbons (Fsp3) is 0.133. The third kappa shape index (κ3) is 2.98. The number of carboxylic acids is 1.